The fourth-order valence-electron chi connectivity index (χ4n) is 2.76. The highest BCUT2D eigenvalue weighted by molar-refractivity contribution is 6.42. The third kappa shape index (κ3) is 6.65. The van der Waals surface area contributed by atoms with Gasteiger partial charge in [0.15, 0.2) is 6.61 Å². The molecule has 0 heterocycles. The van der Waals surface area contributed by atoms with Crippen LogP contribution in [0, 0.1) is 6.92 Å². The van der Waals surface area contributed by atoms with E-state index in [-0.39, 0.29) is 31.0 Å². The Balaban J connectivity index is 2.20. The first-order valence-corrected chi connectivity index (χ1v) is 10.2. The van der Waals surface area contributed by atoms with Crippen molar-refractivity contribution in [1.29, 1.82) is 0 Å². The smallest absolute Gasteiger partial charge is 0.261 e. The topological polar surface area (TPSA) is 58.6 Å². The Kier molecular flexibility index (Phi) is 8.35. The number of hydrogen-bond acceptors (Lipinski definition) is 3. The van der Waals surface area contributed by atoms with E-state index in [0.717, 1.165) is 11.1 Å². The molecule has 1 atom stereocenters. The largest absolute Gasteiger partial charge is 0.484 e. The maximum absolute atomic E-state index is 13.0. The Morgan fingerprint density at radius 1 is 1.07 bits per heavy atom. The third-order valence-electron chi connectivity index (χ3n) is 4.38. The molecule has 0 aliphatic carbocycles. The van der Waals surface area contributed by atoms with E-state index in [1.807, 2.05) is 39.0 Å². The Hall–Kier alpha value is -2.24. The molecule has 0 saturated heterocycles. The fraction of sp³-hybridized carbons (Fsp3) is 0.364. The number of nitrogens with zero attached hydrogens (tertiary/aromatic N) is 1. The van der Waals surface area contributed by atoms with Gasteiger partial charge in [-0.05, 0) is 57.0 Å². The molecule has 1 N–H and O–H groups in total. The monoisotopic (exact) mass is 436 g/mol. The molecule has 0 unspecified atom stereocenters. The van der Waals surface area contributed by atoms with Crippen LogP contribution >= 0.6 is 23.2 Å². The zero-order valence-corrected chi connectivity index (χ0v) is 18.6. The molecule has 2 amide bonds. The summed E-state index contributed by atoms with van der Waals surface area (Å²) >= 11 is 12.1. The number of aryl methyl sites for hydroxylation is 1. The van der Waals surface area contributed by atoms with Crippen LogP contribution in [0.25, 0.3) is 0 Å². The predicted octanol–water partition coefficient (Wildman–Crippen LogP) is 4.62. The Labute approximate surface area is 181 Å². The molecule has 2 rings (SSSR count). The maximum Gasteiger partial charge on any atom is 0.261 e. The van der Waals surface area contributed by atoms with Gasteiger partial charge in [-0.1, -0.05) is 47.5 Å². The predicted molar refractivity (Wildman–Crippen MR) is 116 cm³/mol. The lowest BCUT2D eigenvalue weighted by molar-refractivity contribution is -0.142. The number of benzene rings is 2. The van der Waals surface area contributed by atoms with E-state index < -0.39 is 6.04 Å². The molecule has 5 nitrogen and oxygen atoms in total. The average molecular weight is 437 g/mol. The number of halogens is 2. The minimum Gasteiger partial charge on any atom is -0.484 e. The van der Waals surface area contributed by atoms with E-state index in [9.17, 15) is 9.59 Å². The first kappa shape index (κ1) is 23.0. The molecule has 29 heavy (non-hydrogen) atoms. The highest BCUT2D eigenvalue weighted by atomic mass is 35.5. The number of para-hydroxylation sites is 1. The quantitative estimate of drug-likeness (QED) is 0.656. The van der Waals surface area contributed by atoms with Gasteiger partial charge in [-0.25, -0.2) is 0 Å². The van der Waals surface area contributed by atoms with Gasteiger partial charge in [0.25, 0.3) is 5.91 Å². The molecule has 0 spiro atoms. The van der Waals surface area contributed by atoms with Crippen molar-refractivity contribution in [1.82, 2.24) is 10.2 Å². The Bertz CT molecular complexity index is 871. The summed E-state index contributed by atoms with van der Waals surface area (Å²) in [5, 5.41) is 3.67. The summed E-state index contributed by atoms with van der Waals surface area (Å²) in [6.07, 6.45) is 0. The number of hydrogen-bond donors (Lipinski definition) is 1. The van der Waals surface area contributed by atoms with Gasteiger partial charge in [0.1, 0.15) is 11.8 Å². The summed E-state index contributed by atoms with van der Waals surface area (Å²) in [7, 11) is 0. The van der Waals surface area contributed by atoms with Gasteiger partial charge < -0.3 is 15.0 Å². The molecule has 156 valence electrons. The van der Waals surface area contributed by atoms with E-state index in [2.05, 4.69) is 5.32 Å². The van der Waals surface area contributed by atoms with E-state index in [0.29, 0.717) is 15.8 Å². The van der Waals surface area contributed by atoms with E-state index in [1.165, 1.54) is 4.90 Å². The zero-order chi connectivity index (χ0) is 21.6. The van der Waals surface area contributed by atoms with Gasteiger partial charge in [-0.3, -0.25) is 9.59 Å². The van der Waals surface area contributed by atoms with Crippen LogP contribution in [0.4, 0.5) is 0 Å². The average Bonchev–Trinajstić information content (AvgIpc) is 2.67. The van der Waals surface area contributed by atoms with Crippen LogP contribution < -0.4 is 10.1 Å². The number of nitrogens with one attached hydrogen (secondary N) is 1. The van der Waals surface area contributed by atoms with Gasteiger partial charge in [-0.15, -0.1) is 0 Å². The van der Waals surface area contributed by atoms with E-state index >= 15 is 0 Å². The van der Waals surface area contributed by atoms with Crippen LogP contribution in [0.15, 0.2) is 42.5 Å². The zero-order valence-electron chi connectivity index (χ0n) is 17.0. The summed E-state index contributed by atoms with van der Waals surface area (Å²) < 4.78 is 5.70. The Morgan fingerprint density at radius 2 is 1.76 bits per heavy atom. The first-order chi connectivity index (χ1) is 13.7. The van der Waals surface area contributed by atoms with Crippen LogP contribution in [0.5, 0.6) is 5.75 Å². The van der Waals surface area contributed by atoms with Gasteiger partial charge in [0, 0.05) is 12.6 Å². The van der Waals surface area contributed by atoms with Gasteiger partial charge >= 0.3 is 0 Å². The summed E-state index contributed by atoms with van der Waals surface area (Å²) in [5.74, 6) is 0.102. The highest BCUT2D eigenvalue weighted by Gasteiger charge is 2.27. The van der Waals surface area contributed by atoms with Gasteiger partial charge in [-0.2, -0.15) is 0 Å². The van der Waals surface area contributed by atoms with Crippen molar-refractivity contribution >= 4 is 35.0 Å². The van der Waals surface area contributed by atoms with Crippen LogP contribution in [-0.2, 0) is 16.1 Å². The molecule has 0 saturated carbocycles. The van der Waals surface area contributed by atoms with Crippen molar-refractivity contribution in [2.75, 3.05) is 6.61 Å². The number of rotatable bonds is 8. The normalized spacial score (nSPS) is 11.8. The molecule has 0 aliphatic heterocycles. The lowest BCUT2D eigenvalue weighted by Gasteiger charge is -2.29. The number of carbonyl (C=O) groups is 2. The van der Waals surface area contributed by atoms with Crippen molar-refractivity contribution < 1.29 is 14.3 Å². The lowest BCUT2D eigenvalue weighted by Crippen LogP contribution is -2.50. The minimum atomic E-state index is -0.681. The van der Waals surface area contributed by atoms with Crippen molar-refractivity contribution in [2.45, 2.75) is 46.3 Å². The van der Waals surface area contributed by atoms with Gasteiger partial charge in [0.05, 0.1) is 10.0 Å². The standard InChI is InChI=1S/C22H26Cl2N2O3/c1-14(2)25-22(28)16(4)26(12-17-9-10-18(23)19(24)11-17)21(27)13-29-20-8-6-5-7-15(20)3/h5-11,14,16H,12-13H2,1-4H3,(H,25,28)/t16-/m0/s1. The summed E-state index contributed by atoms with van der Waals surface area (Å²) in [4.78, 5) is 27.0. The second kappa shape index (κ2) is 10.5. The van der Waals surface area contributed by atoms with Crippen molar-refractivity contribution in [2.24, 2.45) is 0 Å². The van der Waals surface area contributed by atoms with Crippen molar-refractivity contribution in [3.05, 3.63) is 63.6 Å². The molecule has 2 aromatic rings. The molecule has 0 aliphatic rings. The molecular formula is C22H26Cl2N2O3. The highest BCUT2D eigenvalue weighted by Crippen LogP contribution is 2.24. The molecule has 0 radical (unpaired) electrons. The van der Waals surface area contributed by atoms with Gasteiger partial charge in [0.2, 0.25) is 5.91 Å². The number of carbonyl (C=O) groups excluding carboxylic acids is 2. The molecule has 0 aromatic heterocycles. The van der Waals surface area contributed by atoms with Crippen LogP contribution in [0.2, 0.25) is 10.0 Å². The lowest BCUT2D eigenvalue weighted by atomic mass is 10.1. The van der Waals surface area contributed by atoms with E-state index in [1.54, 1.807) is 31.2 Å². The first-order valence-electron chi connectivity index (χ1n) is 9.41. The molecule has 7 heteroatoms. The summed E-state index contributed by atoms with van der Waals surface area (Å²) in [6, 6.07) is 11.9. The second-order valence-electron chi connectivity index (χ2n) is 7.16. The molecule has 0 bridgehead atoms. The number of amides is 2. The Morgan fingerprint density at radius 3 is 2.38 bits per heavy atom. The van der Waals surface area contributed by atoms with Crippen molar-refractivity contribution in [3.8, 4) is 5.75 Å². The maximum atomic E-state index is 13.0. The third-order valence-corrected chi connectivity index (χ3v) is 5.12. The number of ether oxygens (including phenoxy) is 1. The van der Waals surface area contributed by atoms with E-state index in [4.69, 9.17) is 27.9 Å². The summed E-state index contributed by atoms with van der Waals surface area (Å²) in [6.45, 7) is 7.38. The molecule has 2 aromatic carbocycles. The molecule has 0 fully saturated rings. The van der Waals surface area contributed by atoms with Crippen LogP contribution in [0.1, 0.15) is 31.9 Å². The SMILES string of the molecule is Cc1ccccc1OCC(=O)N(Cc1ccc(Cl)c(Cl)c1)[C@@H](C)C(=O)NC(C)C. The minimum absolute atomic E-state index is 0.0323. The van der Waals surface area contributed by atoms with Crippen LogP contribution in [0.3, 0.4) is 0 Å². The second-order valence-corrected chi connectivity index (χ2v) is 7.98. The fourth-order valence-corrected chi connectivity index (χ4v) is 3.08. The van der Waals surface area contributed by atoms with Crippen LogP contribution in [-0.4, -0.2) is 35.4 Å². The summed E-state index contributed by atoms with van der Waals surface area (Å²) in [5.41, 5.74) is 1.70. The molecular weight excluding hydrogens is 411 g/mol. The van der Waals surface area contributed by atoms with Crippen molar-refractivity contribution in [3.63, 3.8) is 0 Å².